The Balaban J connectivity index is 1.51. The fourth-order valence-electron chi connectivity index (χ4n) is 3.54. The van der Waals surface area contributed by atoms with Crippen molar-refractivity contribution in [1.82, 2.24) is 14.9 Å². The fraction of sp³-hybridized carbons (Fsp3) is 0.471. The highest BCUT2D eigenvalue weighted by molar-refractivity contribution is 5.93. The second-order valence-electron chi connectivity index (χ2n) is 6.51. The van der Waals surface area contributed by atoms with Gasteiger partial charge in [-0.25, -0.2) is 9.97 Å². The molecule has 1 atom stereocenters. The fourth-order valence-corrected chi connectivity index (χ4v) is 3.54. The van der Waals surface area contributed by atoms with Gasteiger partial charge in [-0.15, -0.1) is 0 Å². The van der Waals surface area contributed by atoms with Gasteiger partial charge in [-0.05, 0) is 18.6 Å². The summed E-state index contributed by atoms with van der Waals surface area (Å²) in [5.74, 6) is 0.745. The number of anilines is 1. The molecule has 7 nitrogen and oxygen atoms in total. The van der Waals surface area contributed by atoms with E-state index in [2.05, 4.69) is 14.9 Å². The van der Waals surface area contributed by atoms with E-state index >= 15 is 0 Å². The van der Waals surface area contributed by atoms with Crippen molar-refractivity contribution in [3.05, 3.63) is 42.6 Å². The molecule has 0 aliphatic carbocycles. The summed E-state index contributed by atoms with van der Waals surface area (Å²) in [4.78, 5) is 25.4. The standard InChI is InChI=1S/C17H20N4O3/c22-15(14-2-8-23-10-14)20-7-9-24-13-17(11-20)3-6-21(12-17)16-18-4-1-5-19-16/h1-2,4-5,8,10H,3,6-7,9,11-13H2/t17-/m0/s1. The van der Waals surface area contributed by atoms with E-state index in [1.165, 1.54) is 12.5 Å². The number of hydrogen-bond acceptors (Lipinski definition) is 6. The maximum atomic E-state index is 12.7. The summed E-state index contributed by atoms with van der Waals surface area (Å²) >= 11 is 0. The van der Waals surface area contributed by atoms with Crippen LogP contribution in [0.2, 0.25) is 0 Å². The van der Waals surface area contributed by atoms with E-state index < -0.39 is 0 Å². The lowest BCUT2D eigenvalue weighted by Gasteiger charge is -2.31. The molecule has 2 fully saturated rings. The number of nitrogens with zero attached hydrogens (tertiary/aromatic N) is 4. The van der Waals surface area contributed by atoms with Crippen molar-refractivity contribution in [3.8, 4) is 0 Å². The topological polar surface area (TPSA) is 71.7 Å². The smallest absolute Gasteiger partial charge is 0.257 e. The molecule has 0 radical (unpaired) electrons. The Labute approximate surface area is 140 Å². The van der Waals surface area contributed by atoms with Gasteiger partial charge >= 0.3 is 0 Å². The van der Waals surface area contributed by atoms with Crippen LogP contribution in [0, 0.1) is 5.41 Å². The van der Waals surface area contributed by atoms with Crippen molar-refractivity contribution in [2.45, 2.75) is 6.42 Å². The number of rotatable bonds is 2. The molecule has 4 rings (SSSR count). The molecule has 2 saturated heterocycles. The summed E-state index contributed by atoms with van der Waals surface area (Å²) in [6, 6.07) is 3.52. The molecule has 0 saturated carbocycles. The van der Waals surface area contributed by atoms with Crippen LogP contribution in [0.3, 0.4) is 0 Å². The molecule has 7 heteroatoms. The van der Waals surface area contributed by atoms with Gasteiger partial charge in [0.05, 0.1) is 25.0 Å². The van der Waals surface area contributed by atoms with Crippen molar-refractivity contribution >= 4 is 11.9 Å². The van der Waals surface area contributed by atoms with Gasteiger partial charge in [0, 0.05) is 44.0 Å². The largest absolute Gasteiger partial charge is 0.472 e. The molecule has 2 aromatic heterocycles. The molecule has 0 bridgehead atoms. The average molecular weight is 328 g/mol. The van der Waals surface area contributed by atoms with Crippen LogP contribution in [0.4, 0.5) is 5.95 Å². The lowest BCUT2D eigenvalue weighted by atomic mass is 9.87. The van der Waals surface area contributed by atoms with Gasteiger partial charge < -0.3 is 19.0 Å². The molecule has 0 unspecified atom stereocenters. The predicted molar refractivity (Wildman–Crippen MR) is 86.7 cm³/mol. The van der Waals surface area contributed by atoms with E-state index in [1.54, 1.807) is 18.5 Å². The first-order valence-electron chi connectivity index (χ1n) is 8.17. The van der Waals surface area contributed by atoms with Crippen LogP contribution in [0.5, 0.6) is 0 Å². The first-order chi connectivity index (χ1) is 11.8. The maximum absolute atomic E-state index is 12.7. The minimum Gasteiger partial charge on any atom is -0.472 e. The van der Waals surface area contributed by atoms with Gasteiger partial charge in [0.1, 0.15) is 6.26 Å². The molecule has 4 heterocycles. The Hall–Kier alpha value is -2.41. The van der Waals surface area contributed by atoms with Crippen LogP contribution in [0.1, 0.15) is 16.8 Å². The number of furan rings is 1. The Morgan fingerprint density at radius 1 is 1.21 bits per heavy atom. The number of carbonyl (C=O) groups excluding carboxylic acids is 1. The summed E-state index contributed by atoms with van der Waals surface area (Å²) in [5.41, 5.74) is 0.517. The van der Waals surface area contributed by atoms with E-state index in [4.69, 9.17) is 9.15 Å². The van der Waals surface area contributed by atoms with E-state index in [9.17, 15) is 4.79 Å². The zero-order valence-corrected chi connectivity index (χ0v) is 13.4. The minimum absolute atomic E-state index is 0.00281. The highest BCUT2D eigenvalue weighted by Crippen LogP contribution is 2.35. The molecule has 126 valence electrons. The number of carbonyl (C=O) groups is 1. The molecule has 2 aliphatic rings. The molecule has 24 heavy (non-hydrogen) atoms. The second-order valence-corrected chi connectivity index (χ2v) is 6.51. The van der Waals surface area contributed by atoms with Gasteiger partial charge in [0.25, 0.3) is 5.91 Å². The van der Waals surface area contributed by atoms with E-state index in [0.29, 0.717) is 31.9 Å². The van der Waals surface area contributed by atoms with Crippen LogP contribution in [-0.4, -0.2) is 60.2 Å². The van der Waals surface area contributed by atoms with E-state index in [-0.39, 0.29) is 11.3 Å². The molecule has 1 amide bonds. The Morgan fingerprint density at radius 3 is 2.88 bits per heavy atom. The molecule has 0 aromatic carbocycles. The summed E-state index contributed by atoms with van der Waals surface area (Å²) in [5, 5.41) is 0. The molecule has 2 aromatic rings. The third kappa shape index (κ3) is 2.87. The van der Waals surface area contributed by atoms with Crippen molar-refractivity contribution < 1.29 is 13.9 Å². The normalized spacial score (nSPS) is 24.3. The van der Waals surface area contributed by atoms with Crippen LogP contribution in [0.15, 0.2) is 41.5 Å². The van der Waals surface area contributed by atoms with Crippen LogP contribution >= 0.6 is 0 Å². The van der Waals surface area contributed by atoms with Gasteiger partial charge in [-0.3, -0.25) is 4.79 Å². The first-order valence-corrected chi connectivity index (χ1v) is 8.17. The molecule has 1 spiro atoms. The zero-order valence-electron chi connectivity index (χ0n) is 13.4. The zero-order chi connectivity index (χ0) is 16.4. The Kier molecular flexibility index (Phi) is 3.93. The van der Waals surface area contributed by atoms with Crippen LogP contribution in [0.25, 0.3) is 0 Å². The summed E-state index contributed by atoms with van der Waals surface area (Å²) in [6.45, 7) is 4.18. The number of amides is 1. The Morgan fingerprint density at radius 2 is 2.08 bits per heavy atom. The van der Waals surface area contributed by atoms with Crippen molar-refractivity contribution in [1.29, 1.82) is 0 Å². The van der Waals surface area contributed by atoms with Gasteiger partial charge in [0.2, 0.25) is 5.95 Å². The van der Waals surface area contributed by atoms with Crippen molar-refractivity contribution in [2.75, 3.05) is 44.3 Å². The second kappa shape index (κ2) is 6.24. The number of hydrogen-bond donors (Lipinski definition) is 0. The molecule has 0 N–H and O–H groups in total. The first kappa shape index (κ1) is 15.1. The SMILES string of the molecule is O=C(c1ccoc1)N1CCOC[C@@]2(CCN(c3ncccn3)C2)C1. The van der Waals surface area contributed by atoms with E-state index in [1.807, 2.05) is 11.0 Å². The quantitative estimate of drug-likeness (QED) is 0.831. The van der Waals surface area contributed by atoms with Crippen LogP contribution < -0.4 is 4.90 Å². The third-order valence-corrected chi connectivity index (χ3v) is 4.77. The predicted octanol–water partition coefficient (Wildman–Crippen LogP) is 1.44. The van der Waals surface area contributed by atoms with Gasteiger partial charge in [-0.2, -0.15) is 0 Å². The lowest BCUT2D eigenvalue weighted by Crippen LogP contribution is -2.43. The maximum Gasteiger partial charge on any atom is 0.257 e. The highest BCUT2D eigenvalue weighted by Gasteiger charge is 2.43. The molecular formula is C17H20N4O3. The monoisotopic (exact) mass is 328 g/mol. The summed E-state index contributed by atoms with van der Waals surface area (Å²) in [7, 11) is 0. The average Bonchev–Trinajstić information content (AvgIpc) is 3.24. The van der Waals surface area contributed by atoms with E-state index in [0.717, 1.165) is 25.5 Å². The molecule has 2 aliphatic heterocycles. The number of ether oxygens (including phenoxy) is 1. The number of aromatic nitrogens is 2. The summed E-state index contributed by atoms with van der Waals surface area (Å²) < 4.78 is 10.9. The van der Waals surface area contributed by atoms with Crippen LogP contribution in [-0.2, 0) is 4.74 Å². The van der Waals surface area contributed by atoms with Crippen molar-refractivity contribution in [2.24, 2.45) is 5.41 Å². The van der Waals surface area contributed by atoms with Crippen molar-refractivity contribution in [3.63, 3.8) is 0 Å². The highest BCUT2D eigenvalue weighted by atomic mass is 16.5. The van der Waals surface area contributed by atoms with Gasteiger partial charge in [-0.1, -0.05) is 0 Å². The van der Waals surface area contributed by atoms with Gasteiger partial charge in [0.15, 0.2) is 0 Å². The minimum atomic E-state index is -0.0743. The third-order valence-electron chi connectivity index (χ3n) is 4.77. The Bertz CT molecular complexity index is 691. The lowest BCUT2D eigenvalue weighted by molar-refractivity contribution is 0.0690. The summed E-state index contributed by atoms with van der Waals surface area (Å²) in [6.07, 6.45) is 7.50. The molecular weight excluding hydrogens is 308 g/mol.